The summed E-state index contributed by atoms with van der Waals surface area (Å²) in [6.07, 6.45) is 0. The summed E-state index contributed by atoms with van der Waals surface area (Å²) in [6.45, 7) is 1.55. The number of benzene rings is 1. The van der Waals surface area contributed by atoms with Crippen LogP contribution in [0.25, 0.3) is 0 Å². The number of phenolic OH excluding ortho intramolecular Hbond substituents is 2. The molecular formula is C10H13FeNO4. The van der Waals surface area contributed by atoms with Crippen LogP contribution < -0.4 is 5.32 Å². The fourth-order valence-corrected chi connectivity index (χ4v) is 1.25. The molecule has 0 bridgehead atoms. The maximum absolute atomic E-state index is 10.3. The molecule has 0 heterocycles. The van der Waals surface area contributed by atoms with Gasteiger partial charge in [0.1, 0.15) is 11.5 Å². The van der Waals surface area contributed by atoms with Gasteiger partial charge >= 0.3 is 5.97 Å². The molecule has 0 aromatic heterocycles. The number of phenols is 2. The molecule has 90 valence electrons. The van der Waals surface area contributed by atoms with Gasteiger partial charge in [-0.05, 0) is 13.0 Å². The topological polar surface area (TPSA) is 89.8 Å². The fourth-order valence-electron chi connectivity index (χ4n) is 1.25. The Labute approximate surface area is 104 Å². The number of carbonyl (C=O) groups is 1. The molecule has 1 atom stereocenters. The third kappa shape index (κ3) is 4.10. The van der Waals surface area contributed by atoms with Crippen LogP contribution in [0.2, 0.25) is 0 Å². The molecule has 0 radical (unpaired) electrons. The van der Waals surface area contributed by atoms with Gasteiger partial charge in [-0.3, -0.25) is 4.79 Å². The third-order valence-electron chi connectivity index (χ3n) is 2.04. The molecule has 0 aliphatic rings. The SMILES string of the molecule is CC(NCC(=O)O)c1ccc(O)cc1O.[Fe]. The number of aromatic hydroxyl groups is 2. The summed E-state index contributed by atoms with van der Waals surface area (Å²) in [5, 5.41) is 29.7. The molecular weight excluding hydrogens is 254 g/mol. The molecule has 0 spiro atoms. The van der Waals surface area contributed by atoms with E-state index in [4.69, 9.17) is 10.2 Å². The first-order valence-corrected chi connectivity index (χ1v) is 4.47. The van der Waals surface area contributed by atoms with Gasteiger partial charge < -0.3 is 20.6 Å². The van der Waals surface area contributed by atoms with Crippen molar-refractivity contribution in [1.82, 2.24) is 5.32 Å². The van der Waals surface area contributed by atoms with E-state index >= 15 is 0 Å². The Morgan fingerprint density at radius 3 is 2.56 bits per heavy atom. The van der Waals surface area contributed by atoms with Crippen molar-refractivity contribution in [2.45, 2.75) is 13.0 Å². The molecule has 1 unspecified atom stereocenters. The zero-order chi connectivity index (χ0) is 11.4. The summed E-state index contributed by atoms with van der Waals surface area (Å²) >= 11 is 0. The van der Waals surface area contributed by atoms with E-state index in [1.807, 2.05) is 0 Å². The molecule has 1 aromatic carbocycles. The average Bonchev–Trinajstić information content (AvgIpc) is 2.14. The number of aliphatic carboxylic acids is 1. The number of hydrogen-bond donors (Lipinski definition) is 4. The Morgan fingerprint density at radius 1 is 1.44 bits per heavy atom. The van der Waals surface area contributed by atoms with Crippen molar-refractivity contribution in [2.75, 3.05) is 6.54 Å². The van der Waals surface area contributed by atoms with Gasteiger partial charge in [0.15, 0.2) is 0 Å². The van der Waals surface area contributed by atoms with Crippen LogP contribution in [-0.2, 0) is 21.9 Å². The normalized spacial score (nSPS) is 11.6. The fraction of sp³-hybridized carbons (Fsp3) is 0.300. The largest absolute Gasteiger partial charge is 0.508 e. The quantitative estimate of drug-likeness (QED) is 0.607. The maximum atomic E-state index is 10.3. The Kier molecular flexibility index (Phi) is 5.88. The number of carboxylic acid groups (broad SMARTS) is 1. The van der Waals surface area contributed by atoms with Gasteiger partial charge in [0.2, 0.25) is 0 Å². The van der Waals surface area contributed by atoms with Crippen molar-refractivity contribution in [1.29, 1.82) is 0 Å². The van der Waals surface area contributed by atoms with Gasteiger partial charge in [-0.2, -0.15) is 0 Å². The second kappa shape index (κ2) is 6.37. The molecule has 1 rings (SSSR count). The Hall–Kier alpha value is -1.23. The van der Waals surface area contributed by atoms with Crippen LogP contribution in [0.4, 0.5) is 0 Å². The van der Waals surface area contributed by atoms with Gasteiger partial charge in [0, 0.05) is 34.7 Å². The summed E-state index contributed by atoms with van der Waals surface area (Å²) in [5.41, 5.74) is 0.550. The summed E-state index contributed by atoms with van der Waals surface area (Å²) in [7, 11) is 0. The van der Waals surface area contributed by atoms with Crippen molar-refractivity contribution in [2.24, 2.45) is 0 Å². The average molecular weight is 267 g/mol. The molecule has 0 amide bonds. The van der Waals surface area contributed by atoms with Crippen molar-refractivity contribution in [3.8, 4) is 11.5 Å². The predicted molar refractivity (Wildman–Crippen MR) is 53.8 cm³/mol. The molecule has 4 N–H and O–H groups in total. The maximum Gasteiger partial charge on any atom is 0.317 e. The van der Waals surface area contributed by atoms with Crippen LogP contribution >= 0.6 is 0 Å². The van der Waals surface area contributed by atoms with E-state index in [1.165, 1.54) is 12.1 Å². The van der Waals surface area contributed by atoms with Crippen molar-refractivity contribution >= 4 is 5.97 Å². The zero-order valence-corrected chi connectivity index (χ0v) is 9.72. The number of nitrogens with one attached hydrogen (secondary N) is 1. The van der Waals surface area contributed by atoms with E-state index < -0.39 is 5.97 Å². The summed E-state index contributed by atoms with van der Waals surface area (Å²) in [5.74, 6) is -1.04. The van der Waals surface area contributed by atoms with Crippen LogP contribution in [0.15, 0.2) is 18.2 Å². The Bertz CT molecular complexity index is 370. The second-order valence-electron chi connectivity index (χ2n) is 3.24. The smallest absolute Gasteiger partial charge is 0.317 e. The van der Waals surface area contributed by atoms with Crippen molar-refractivity contribution in [3.63, 3.8) is 0 Å². The molecule has 0 fully saturated rings. The van der Waals surface area contributed by atoms with Gasteiger partial charge in [0.05, 0.1) is 6.54 Å². The van der Waals surface area contributed by atoms with Crippen LogP contribution in [0.1, 0.15) is 18.5 Å². The summed E-state index contributed by atoms with van der Waals surface area (Å²) in [6, 6.07) is 3.91. The first kappa shape index (κ1) is 14.8. The van der Waals surface area contributed by atoms with E-state index in [1.54, 1.807) is 13.0 Å². The molecule has 16 heavy (non-hydrogen) atoms. The minimum absolute atomic E-state index is 0. The van der Waals surface area contributed by atoms with E-state index in [0.717, 1.165) is 0 Å². The minimum atomic E-state index is -0.958. The summed E-state index contributed by atoms with van der Waals surface area (Å²) < 4.78 is 0. The molecule has 0 saturated carbocycles. The molecule has 1 aromatic rings. The number of rotatable bonds is 4. The second-order valence-corrected chi connectivity index (χ2v) is 3.24. The zero-order valence-electron chi connectivity index (χ0n) is 8.62. The Morgan fingerprint density at radius 2 is 2.06 bits per heavy atom. The monoisotopic (exact) mass is 267 g/mol. The van der Waals surface area contributed by atoms with E-state index in [2.05, 4.69) is 5.32 Å². The number of carboxylic acids is 1. The van der Waals surface area contributed by atoms with Crippen molar-refractivity contribution < 1.29 is 37.2 Å². The van der Waals surface area contributed by atoms with Crippen LogP contribution in [-0.4, -0.2) is 27.8 Å². The van der Waals surface area contributed by atoms with Gasteiger partial charge in [-0.1, -0.05) is 6.07 Å². The van der Waals surface area contributed by atoms with Gasteiger partial charge in [0.25, 0.3) is 0 Å². The number of hydrogen-bond acceptors (Lipinski definition) is 4. The molecule has 5 nitrogen and oxygen atoms in total. The van der Waals surface area contributed by atoms with E-state index in [-0.39, 0.29) is 41.2 Å². The molecule has 0 saturated heterocycles. The van der Waals surface area contributed by atoms with Gasteiger partial charge in [-0.15, -0.1) is 0 Å². The van der Waals surface area contributed by atoms with Crippen LogP contribution in [0.3, 0.4) is 0 Å². The molecule has 0 aliphatic carbocycles. The first-order chi connectivity index (χ1) is 7.00. The standard InChI is InChI=1S/C10H13NO4.Fe/c1-6(11-5-10(14)15)8-3-2-7(12)4-9(8)13;/h2-4,6,11-13H,5H2,1H3,(H,14,15);. The minimum Gasteiger partial charge on any atom is -0.508 e. The van der Waals surface area contributed by atoms with E-state index in [9.17, 15) is 9.90 Å². The van der Waals surface area contributed by atoms with Crippen LogP contribution in [0.5, 0.6) is 11.5 Å². The molecule has 6 heteroatoms. The van der Waals surface area contributed by atoms with Gasteiger partial charge in [-0.25, -0.2) is 0 Å². The van der Waals surface area contributed by atoms with E-state index in [0.29, 0.717) is 5.56 Å². The first-order valence-electron chi connectivity index (χ1n) is 4.47. The van der Waals surface area contributed by atoms with Crippen molar-refractivity contribution in [3.05, 3.63) is 23.8 Å². The summed E-state index contributed by atoms with van der Waals surface area (Å²) in [4.78, 5) is 10.3. The van der Waals surface area contributed by atoms with Crippen LogP contribution in [0, 0.1) is 0 Å². The predicted octanol–water partition coefficient (Wildman–Crippen LogP) is 0.831. The molecule has 0 aliphatic heterocycles. The third-order valence-corrected chi connectivity index (χ3v) is 2.04. The Balaban J connectivity index is 0.00000225.